The number of hydrogen-bond acceptors (Lipinski definition) is 5. The lowest BCUT2D eigenvalue weighted by Crippen LogP contribution is -2.41. The van der Waals surface area contributed by atoms with Crippen LogP contribution in [0.4, 0.5) is 11.4 Å². The van der Waals surface area contributed by atoms with E-state index in [0.717, 1.165) is 10.4 Å². The van der Waals surface area contributed by atoms with Crippen LogP contribution in [0.2, 0.25) is 0 Å². The molecule has 2 amide bonds. The fourth-order valence-corrected chi connectivity index (χ4v) is 4.87. The molecule has 0 saturated carbocycles. The smallest absolute Gasteiger partial charge is 0.283 e. The van der Waals surface area contributed by atoms with Crippen LogP contribution in [-0.2, 0) is 9.59 Å². The Morgan fingerprint density at radius 2 is 1.26 bits per heavy atom. The maximum Gasteiger partial charge on any atom is 0.283 e. The molecule has 1 saturated heterocycles. The number of oxazole rings is 1. The third kappa shape index (κ3) is 3.39. The van der Waals surface area contributed by atoms with E-state index < -0.39 is 11.8 Å². The van der Waals surface area contributed by atoms with Crippen molar-refractivity contribution < 1.29 is 14.0 Å². The molecule has 2 aromatic heterocycles. The summed E-state index contributed by atoms with van der Waals surface area (Å²) in [5.74, 6) is -0.654. The summed E-state index contributed by atoms with van der Waals surface area (Å²) in [6.45, 7) is 0. The van der Waals surface area contributed by atoms with Crippen LogP contribution in [0.15, 0.2) is 107 Å². The molecule has 0 aliphatic carbocycles. The number of carbonyl (C=O) groups excluding carboxylic acids is 2. The van der Waals surface area contributed by atoms with Crippen LogP contribution in [0.3, 0.4) is 0 Å². The molecular weight excluding hydrogens is 446 g/mol. The van der Waals surface area contributed by atoms with Gasteiger partial charge in [-0.05, 0) is 29.8 Å². The van der Waals surface area contributed by atoms with E-state index in [2.05, 4.69) is 4.98 Å². The Morgan fingerprint density at radius 1 is 0.735 bits per heavy atom. The first-order valence-electron chi connectivity index (χ1n) is 10.7. The number of rotatable bonds is 4. The Hall–Kier alpha value is -4.49. The van der Waals surface area contributed by atoms with Crippen LogP contribution in [0.5, 0.6) is 0 Å². The quantitative estimate of drug-likeness (QED) is 0.245. The van der Waals surface area contributed by atoms with Gasteiger partial charge in [-0.1, -0.05) is 66.7 Å². The minimum atomic E-state index is -0.438. The second-order valence-corrected chi connectivity index (χ2v) is 8.69. The predicted octanol–water partition coefficient (Wildman–Crippen LogP) is 5.93. The second-order valence-electron chi connectivity index (χ2n) is 7.66. The zero-order chi connectivity index (χ0) is 23.1. The van der Waals surface area contributed by atoms with Gasteiger partial charge in [0.2, 0.25) is 5.89 Å². The minimum Gasteiger partial charge on any atom is -0.436 e. The Bertz CT molecular complexity index is 1450. The van der Waals surface area contributed by atoms with Crippen molar-refractivity contribution in [2.45, 2.75) is 0 Å². The van der Waals surface area contributed by atoms with Crippen molar-refractivity contribution in [3.8, 4) is 10.4 Å². The molecule has 6 rings (SSSR count). The summed E-state index contributed by atoms with van der Waals surface area (Å²) in [6.07, 6.45) is 1.43. The third-order valence-electron chi connectivity index (χ3n) is 5.48. The first-order valence-corrected chi connectivity index (χ1v) is 11.5. The van der Waals surface area contributed by atoms with Crippen LogP contribution < -0.4 is 10.0 Å². The van der Waals surface area contributed by atoms with Gasteiger partial charge in [0.15, 0.2) is 10.4 Å². The highest BCUT2D eigenvalue weighted by molar-refractivity contribution is 7.21. The molecule has 164 valence electrons. The number of nitrogens with zero attached hydrogens (tertiary/aromatic N) is 3. The molecule has 3 aromatic carbocycles. The number of aromatic nitrogens is 1. The van der Waals surface area contributed by atoms with Crippen LogP contribution in [-0.4, -0.2) is 16.8 Å². The van der Waals surface area contributed by atoms with Gasteiger partial charge in [-0.15, -0.1) is 11.3 Å². The number of fused-ring (bicyclic) bond motifs is 1. The first-order chi connectivity index (χ1) is 16.7. The van der Waals surface area contributed by atoms with E-state index in [1.165, 1.54) is 27.4 Å². The van der Waals surface area contributed by atoms with E-state index in [1.807, 2.05) is 72.8 Å². The van der Waals surface area contributed by atoms with Crippen molar-refractivity contribution in [3.05, 3.63) is 109 Å². The summed E-state index contributed by atoms with van der Waals surface area (Å²) in [4.78, 5) is 33.1. The van der Waals surface area contributed by atoms with Gasteiger partial charge in [-0.25, -0.2) is 10.0 Å². The molecule has 0 atom stereocenters. The lowest BCUT2D eigenvalue weighted by molar-refractivity contribution is -0.116. The highest BCUT2D eigenvalue weighted by atomic mass is 32.1. The van der Waals surface area contributed by atoms with Gasteiger partial charge in [0, 0.05) is 17.0 Å². The molecule has 34 heavy (non-hydrogen) atoms. The van der Waals surface area contributed by atoms with Gasteiger partial charge in [0.25, 0.3) is 11.8 Å². The number of hydrazine groups is 1. The van der Waals surface area contributed by atoms with Crippen LogP contribution in [0, 0.1) is 0 Å². The zero-order valence-electron chi connectivity index (χ0n) is 17.8. The van der Waals surface area contributed by atoms with Crippen molar-refractivity contribution in [1.82, 2.24) is 4.98 Å². The van der Waals surface area contributed by atoms with Gasteiger partial charge >= 0.3 is 0 Å². The van der Waals surface area contributed by atoms with E-state index >= 15 is 0 Å². The SMILES string of the molecule is O=C1C(=Cc2nc3sc(-c4ccccc4)cc3o2)C(=O)N(c2ccccc2)N1c1ccccc1. The summed E-state index contributed by atoms with van der Waals surface area (Å²) >= 11 is 1.50. The standard InChI is InChI=1S/C27H17N3O3S/c31-26-21(16-24-28-25-22(33-24)17-23(34-25)18-10-4-1-5-11-18)27(32)30(20-14-8-3-9-15-20)29(26)19-12-6-2-7-13-19/h1-17H. The monoisotopic (exact) mass is 463 g/mol. The molecule has 3 heterocycles. The van der Waals surface area contributed by atoms with Gasteiger partial charge in [-0.2, -0.15) is 4.98 Å². The molecule has 1 fully saturated rings. The molecule has 0 radical (unpaired) electrons. The highest BCUT2D eigenvalue weighted by Gasteiger charge is 2.43. The van der Waals surface area contributed by atoms with Crippen molar-refractivity contribution >= 4 is 51.0 Å². The van der Waals surface area contributed by atoms with Crippen molar-refractivity contribution in [2.75, 3.05) is 10.0 Å². The summed E-state index contributed by atoms with van der Waals surface area (Å²) in [5.41, 5.74) is 2.88. The minimum absolute atomic E-state index is 0.00936. The summed E-state index contributed by atoms with van der Waals surface area (Å²) in [7, 11) is 0. The number of benzene rings is 3. The van der Waals surface area contributed by atoms with Crippen molar-refractivity contribution in [1.29, 1.82) is 0 Å². The molecule has 6 nitrogen and oxygen atoms in total. The third-order valence-corrected chi connectivity index (χ3v) is 6.54. The average Bonchev–Trinajstić information content (AvgIpc) is 3.52. The van der Waals surface area contributed by atoms with E-state index in [4.69, 9.17) is 4.42 Å². The van der Waals surface area contributed by atoms with E-state index in [9.17, 15) is 9.59 Å². The van der Waals surface area contributed by atoms with E-state index in [0.29, 0.717) is 21.8 Å². The molecule has 0 N–H and O–H groups in total. The zero-order valence-corrected chi connectivity index (χ0v) is 18.6. The van der Waals surface area contributed by atoms with Crippen LogP contribution >= 0.6 is 11.3 Å². The fourth-order valence-electron chi connectivity index (χ4n) is 3.91. The Balaban J connectivity index is 1.40. The van der Waals surface area contributed by atoms with Crippen molar-refractivity contribution in [2.24, 2.45) is 0 Å². The molecule has 5 aromatic rings. The highest BCUT2D eigenvalue weighted by Crippen LogP contribution is 2.35. The lowest BCUT2D eigenvalue weighted by Gasteiger charge is -2.27. The summed E-state index contributed by atoms with van der Waals surface area (Å²) in [6, 6.07) is 30.1. The van der Waals surface area contributed by atoms with Gasteiger partial charge < -0.3 is 4.42 Å². The summed E-state index contributed by atoms with van der Waals surface area (Å²) in [5, 5.41) is 2.75. The Labute approximate surface area is 199 Å². The molecule has 1 aliphatic heterocycles. The number of para-hydroxylation sites is 2. The van der Waals surface area contributed by atoms with Crippen LogP contribution in [0.25, 0.3) is 26.9 Å². The maximum atomic E-state index is 13.4. The fraction of sp³-hybridized carbons (Fsp3) is 0. The van der Waals surface area contributed by atoms with Crippen LogP contribution in [0.1, 0.15) is 5.89 Å². The molecule has 0 bridgehead atoms. The van der Waals surface area contributed by atoms with Gasteiger partial charge in [-0.3, -0.25) is 9.59 Å². The normalized spacial score (nSPS) is 13.8. The van der Waals surface area contributed by atoms with Crippen molar-refractivity contribution in [3.63, 3.8) is 0 Å². The van der Waals surface area contributed by atoms with Gasteiger partial charge in [0.1, 0.15) is 5.57 Å². The molecule has 1 aliphatic rings. The largest absolute Gasteiger partial charge is 0.436 e. The maximum absolute atomic E-state index is 13.4. The average molecular weight is 464 g/mol. The molecular formula is C27H17N3O3S. The number of carbonyl (C=O) groups is 2. The molecule has 0 unspecified atom stereocenters. The second kappa shape index (κ2) is 8.13. The number of amides is 2. The van der Waals surface area contributed by atoms with E-state index in [1.54, 1.807) is 24.3 Å². The Morgan fingerprint density at radius 3 is 1.79 bits per heavy atom. The number of hydrogen-bond donors (Lipinski definition) is 0. The number of thiophene rings is 1. The number of anilines is 2. The lowest BCUT2D eigenvalue weighted by atomic mass is 10.2. The Kier molecular flexibility index (Phi) is 4.82. The topological polar surface area (TPSA) is 66.7 Å². The summed E-state index contributed by atoms with van der Waals surface area (Å²) < 4.78 is 5.89. The predicted molar refractivity (Wildman–Crippen MR) is 133 cm³/mol. The first kappa shape index (κ1) is 20.1. The molecule has 7 heteroatoms. The van der Waals surface area contributed by atoms with Gasteiger partial charge in [0.05, 0.1) is 11.4 Å². The van der Waals surface area contributed by atoms with E-state index in [-0.39, 0.29) is 11.5 Å². The molecule has 0 spiro atoms.